The van der Waals surface area contributed by atoms with Crippen molar-refractivity contribution in [3.8, 4) is 0 Å². The van der Waals surface area contributed by atoms with E-state index in [-0.39, 0.29) is 5.91 Å². The zero-order chi connectivity index (χ0) is 13.2. The fraction of sp³-hybridized carbons (Fsp3) is 0.357. The van der Waals surface area contributed by atoms with Gasteiger partial charge in [-0.1, -0.05) is 12.1 Å². The number of nitrogens with zero attached hydrogens (tertiary/aromatic N) is 1. The number of aryl methyl sites for hydroxylation is 2. The van der Waals surface area contributed by atoms with Gasteiger partial charge in [-0.3, -0.25) is 4.79 Å². The molecule has 0 saturated heterocycles. The highest BCUT2D eigenvalue weighted by atomic mass is 127. The van der Waals surface area contributed by atoms with Crippen LogP contribution in [0, 0.1) is 17.4 Å². The minimum atomic E-state index is 0.0531. The smallest absolute Gasteiger partial charge is 0.253 e. The molecule has 2 nitrogen and oxygen atoms in total. The van der Waals surface area contributed by atoms with Gasteiger partial charge in [-0.05, 0) is 67.5 Å². The van der Waals surface area contributed by atoms with Crippen molar-refractivity contribution in [3.05, 3.63) is 38.5 Å². The van der Waals surface area contributed by atoms with Crippen LogP contribution in [0.3, 0.4) is 0 Å². The standard InChI is InChI=1S/C14H18INO/c1-6-10(3)14(17)16(5)13-11(4)7-9(2)8-12(13)15/h6-8H,1-5H3. The number of carbonyl (C=O) groups is 1. The van der Waals surface area contributed by atoms with E-state index in [1.54, 1.807) is 4.90 Å². The summed E-state index contributed by atoms with van der Waals surface area (Å²) >= 11 is 2.28. The Labute approximate surface area is 117 Å². The zero-order valence-corrected chi connectivity index (χ0v) is 13.1. The van der Waals surface area contributed by atoms with Gasteiger partial charge in [0.15, 0.2) is 0 Å². The number of hydrogen-bond donors (Lipinski definition) is 0. The third-order valence-electron chi connectivity index (χ3n) is 2.81. The molecule has 0 aliphatic rings. The van der Waals surface area contributed by atoms with E-state index in [0.29, 0.717) is 0 Å². The van der Waals surface area contributed by atoms with Crippen molar-refractivity contribution in [1.82, 2.24) is 0 Å². The predicted octanol–water partition coefficient (Wildman–Crippen LogP) is 3.84. The van der Waals surface area contributed by atoms with Crippen molar-refractivity contribution in [2.45, 2.75) is 27.7 Å². The summed E-state index contributed by atoms with van der Waals surface area (Å²) in [6.07, 6.45) is 1.84. The molecule has 1 amide bonds. The van der Waals surface area contributed by atoms with Crippen LogP contribution < -0.4 is 4.90 Å². The van der Waals surface area contributed by atoms with Crippen molar-refractivity contribution in [1.29, 1.82) is 0 Å². The SMILES string of the molecule is CC=C(C)C(=O)N(C)c1c(C)cc(C)cc1I. The number of rotatable bonds is 2. The van der Waals surface area contributed by atoms with Crippen LogP contribution >= 0.6 is 22.6 Å². The second kappa shape index (κ2) is 5.67. The quantitative estimate of drug-likeness (QED) is 0.590. The molecule has 92 valence electrons. The molecule has 3 heteroatoms. The number of carbonyl (C=O) groups excluding carboxylic acids is 1. The topological polar surface area (TPSA) is 20.3 Å². The Morgan fingerprint density at radius 1 is 1.35 bits per heavy atom. The average molecular weight is 343 g/mol. The van der Waals surface area contributed by atoms with E-state index in [2.05, 4.69) is 41.6 Å². The lowest BCUT2D eigenvalue weighted by Gasteiger charge is -2.22. The number of halogens is 1. The molecule has 1 aromatic rings. The van der Waals surface area contributed by atoms with Gasteiger partial charge in [-0.25, -0.2) is 0 Å². The lowest BCUT2D eigenvalue weighted by molar-refractivity contribution is -0.114. The Kier molecular flexibility index (Phi) is 4.74. The van der Waals surface area contributed by atoms with Gasteiger partial charge >= 0.3 is 0 Å². The van der Waals surface area contributed by atoms with Gasteiger partial charge in [0.05, 0.1) is 5.69 Å². The van der Waals surface area contributed by atoms with E-state index in [9.17, 15) is 4.79 Å². The summed E-state index contributed by atoms with van der Waals surface area (Å²) in [5.74, 6) is 0.0531. The van der Waals surface area contributed by atoms with Crippen molar-refractivity contribution in [3.63, 3.8) is 0 Å². The largest absolute Gasteiger partial charge is 0.310 e. The number of hydrogen-bond acceptors (Lipinski definition) is 1. The minimum Gasteiger partial charge on any atom is -0.310 e. The highest BCUT2D eigenvalue weighted by Gasteiger charge is 2.17. The molecule has 0 atom stereocenters. The molecular formula is C14H18INO. The molecule has 0 N–H and O–H groups in total. The van der Waals surface area contributed by atoms with Crippen molar-refractivity contribution >= 4 is 34.2 Å². The van der Waals surface area contributed by atoms with Crippen LogP contribution in [0.1, 0.15) is 25.0 Å². The fourth-order valence-corrected chi connectivity index (χ4v) is 3.10. The van der Waals surface area contributed by atoms with Gasteiger partial charge < -0.3 is 4.90 Å². The van der Waals surface area contributed by atoms with Crippen LogP contribution in [0.15, 0.2) is 23.8 Å². The summed E-state index contributed by atoms with van der Waals surface area (Å²) in [6.45, 7) is 7.83. The number of anilines is 1. The molecule has 17 heavy (non-hydrogen) atoms. The van der Waals surface area contributed by atoms with Crippen LogP contribution in [-0.4, -0.2) is 13.0 Å². The number of amides is 1. The molecule has 0 unspecified atom stereocenters. The Balaban J connectivity index is 3.22. The summed E-state index contributed by atoms with van der Waals surface area (Å²) in [5, 5.41) is 0. The first-order chi connectivity index (χ1) is 7.88. The van der Waals surface area contributed by atoms with Crippen LogP contribution in [-0.2, 0) is 4.79 Å². The van der Waals surface area contributed by atoms with Gasteiger partial charge in [0.2, 0.25) is 0 Å². The van der Waals surface area contributed by atoms with Crippen molar-refractivity contribution < 1.29 is 4.79 Å². The van der Waals surface area contributed by atoms with Gasteiger partial charge in [-0.15, -0.1) is 0 Å². The number of benzene rings is 1. The predicted molar refractivity (Wildman–Crippen MR) is 81.5 cm³/mol. The van der Waals surface area contributed by atoms with E-state index in [1.807, 2.05) is 33.9 Å². The minimum absolute atomic E-state index is 0.0531. The Morgan fingerprint density at radius 3 is 2.41 bits per heavy atom. The number of likely N-dealkylation sites (N-methyl/N-ethyl adjacent to an activating group) is 1. The average Bonchev–Trinajstić information content (AvgIpc) is 2.25. The summed E-state index contributed by atoms with van der Waals surface area (Å²) in [6, 6.07) is 4.20. The first-order valence-corrected chi connectivity index (χ1v) is 6.64. The van der Waals surface area contributed by atoms with Crippen LogP contribution in [0.5, 0.6) is 0 Å². The molecule has 1 aromatic carbocycles. The van der Waals surface area contributed by atoms with Crippen LogP contribution in [0.4, 0.5) is 5.69 Å². The van der Waals surface area contributed by atoms with E-state index in [4.69, 9.17) is 0 Å². The van der Waals surface area contributed by atoms with E-state index in [1.165, 1.54) is 5.56 Å². The molecule has 0 radical (unpaired) electrons. The summed E-state index contributed by atoms with van der Waals surface area (Å²) < 4.78 is 1.11. The monoisotopic (exact) mass is 343 g/mol. The maximum absolute atomic E-state index is 12.1. The number of allylic oxidation sites excluding steroid dienone is 1. The summed E-state index contributed by atoms with van der Waals surface area (Å²) in [5.41, 5.74) is 4.12. The van der Waals surface area contributed by atoms with Gasteiger partial charge in [0.25, 0.3) is 5.91 Å². The van der Waals surface area contributed by atoms with Crippen LogP contribution in [0.25, 0.3) is 0 Å². The van der Waals surface area contributed by atoms with Crippen LogP contribution in [0.2, 0.25) is 0 Å². The lowest BCUT2D eigenvalue weighted by Crippen LogP contribution is -2.28. The second-order valence-electron chi connectivity index (χ2n) is 4.25. The Hall–Kier alpha value is -0.840. The van der Waals surface area contributed by atoms with E-state index < -0.39 is 0 Å². The maximum Gasteiger partial charge on any atom is 0.253 e. The third kappa shape index (κ3) is 3.09. The molecule has 0 aliphatic carbocycles. The molecule has 0 fully saturated rings. The summed E-state index contributed by atoms with van der Waals surface area (Å²) in [7, 11) is 1.83. The van der Waals surface area contributed by atoms with E-state index in [0.717, 1.165) is 20.4 Å². The van der Waals surface area contributed by atoms with E-state index >= 15 is 0 Å². The van der Waals surface area contributed by atoms with Gasteiger partial charge in [0, 0.05) is 16.2 Å². The first-order valence-electron chi connectivity index (χ1n) is 5.56. The van der Waals surface area contributed by atoms with Crippen molar-refractivity contribution in [2.75, 3.05) is 11.9 Å². The highest BCUT2D eigenvalue weighted by molar-refractivity contribution is 14.1. The van der Waals surface area contributed by atoms with Crippen molar-refractivity contribution in [2.24, 2.45) is 0 Å². The van der Waals surface area contributed by atoms with Gasteiger partial charge in [0.1, 0.15) is 0 Å². The second-order valence-corrected chi connectivity index (χ2v) is 5.41. The normalized spacial score (nSPS) is 11.5. The molecule has 0 bridgehead atoms. The Bertz CT molecular complexity index is 454. The molecule has 0 aromatic heterocycles. The molecule has 0 saturated carbocycles. The molecule has 1 rings (SSSR count). The molecule has 0 aliphatic heterocycles. The molecule has 0 heterocycles. The lowest BCUT2D eigenvalue weighted by atomic mass is 10.1. The highest BCUT2D eigenvalue weighted by Crippen LogP contribution is 2.28. The zero-order valence-electron chi connectivity index (χ0n) is 11.0. The first kappa shape index (κ1) is 14.2. The maximum atomic E-state index is 12.1. The molecular weight excluding hydrogens is 325 g/mol. The molecule has 0 spiro atoms. The Morgan fingerprint density at radius 2 is 1.94 bits per heavy atom. The summed E-state index contributed by atoms with van der Waals surface area (Å²) in [4.78, 5) is 13.8. The fourth-order valence-electron chi connectivity index (χ4n) is 1.82. The van der Waals surface area contributed by atoms with Gasteiger partial charge in [-0.2, -0.15) is 0 Å². The third-order valence-corrected chi connectivity index (χ3v) is 3.63.